The zero-order valence-corrected chi connectivity index (χ0v) is 23.0. The van der Waals surface area contributed by atoms with Crippen LogP contribution in [0.4, 0.5) is 5.69 Å². The van der Waals surface area contributed by atoms with Crippen LogP contribution in [0.2, 0.25) is 10.0 Å². The lowest BCUT2D eigenvalue weighted by molar-refractivity contribution is -0.113. The normalized spacial score (nSPS) is 11.9. The number of carbonyl (C=O) groups is 2. The molecule has 0 aliphatic carbocycles. The zero-order chi connectivity index (χ0) is 26.4. The molecule has 190 valence electrons. The Morgan fingerprint density at radius 2 is 1.89 bits per heavy atom. The van der Waals surface area contributed by atoms with Gasteiger partial charge in [0, 0.05) is 17.3 Å². The van der Waals surface area contributed by atoms with Gasteiger partial charge in [0.2, 0.25) is 5.91 Å². The van der Waals surface area contributed by atoms with Crippen LogP contribution in [-0.4, -0.2) is 32.3 Å². The first kappa shape index (κ1) is 27.8. The predicted octanol–water partition coefficient (Wildman–Crippen LogP) is 6.25. The zero-order valence-electron chi connectivity index (χ0n) is 20.6. The van der Waals surface area contributed by atoms with Gasteiger partial charge in [0.1, 0.15) is 0 Å². The van der Waals surface area contributed by atoms with Crippen molar-refractivity contribution >= 4 is 52.5 Å². The number of anilines is 1. The van der Waals surface area contributed by atoms with Crippen molar-refractivity contribution in [2.24, 2.45) is 5.92 Å². The van der Waals surface area contributed by atoms with E-state index in [1.165, 1.54) is 17.8 Å². The maximum absolute atomic E-state index is 13.0. The molecular formula is C26H29Cl2N5O2S. The van der Waals surface area contributed by atoms with E-state index in [-0.39, 0.29) is 28.5 Å². The molecule has 36 heavy (non-hydrogen) atoms. The molecule has 0 saturated carbocycles. The van der Waals surface area contributed by atoms with Crippen LogP contribution in [0.15, 0.2) is 54.2 Å². The predicted molar refractivity (Wildman–Crippen MR) is 147 cm³/mol. The van der Waals surface area contributed by atoms with E-state index in [1.807, 2.05) is 50.5 Å². The van der Waals surface area contributed by atoms with Gasteiger partial charge < -0.3 is 15.2 Å². The molecule has 2 aromatic carbocycles. The van der Waals surface area contributed by atoms with Crippen molar-refractivity contribution in [1.82, 2.24) is 20.1 Å². The number of hydrogen-bond donors (Lipinski definition) is 2. The Balaban J connectivity index is 1.77. The Hall–Kier alpha value is -2.81. The smallest absolute Gasteiger partial charge is 0.253 e. The number of hydrogen-bond acceptors (Lipinski definition) is 5. The largest absolute Gasteiger partial charge is 0.342 e. The quantitative estimate of drug-likeness (QED) is 0.232. The monoisotopic (exact) mass is 545 g/mol. The minimum atomic E-state index is -0.449. The molecule has 0 bridgehead atoms. The SMILES string of the molecule is C=CCn1c(SCC(=O)Nc2ccc(C)cc2C)nnc1[C@H](NC(=O)c1ccc(Cl)cc1Cl)C(C)C. The number of nitrogens with zero attached hydrogens (tertiary/aromatic N) is 3. The summed E-state index contributed by atoms with van der Waals surface area (Å²) in [4.78, 5) is 25.6. The van der Waals surface area contributed by atoms with Gasteiger partial charge in [0.05, 0.1) is 22.4 Å². The maximum Gasteiger partial charge on any atom is 0.253 e. The van der Waals surface area contributed by atoms with Gasteiger partial charge in [-0.2, -0.15) is 0 Å². The van der Waals surface area contributed by atoms with Crippen LogP contribution in [0.3, 0.4) is 0 Å². The van der Waals surface area contributed by atoms with E-state index < -0.39 is 6.04 Å². The fraction of sp³-hybridized carbons (Fsp3) is 0.308. The minimum Gasteiger partial charge on any atom is -0.342 e. The Kier molecular flexibility index (Phi) is 9.59. The van der Waals surface area contributed by atoms with Crippen LogP contribution < -0.4 is 10.6 Å². The maximum atomic E-state index is 13.0. The van der Waals surface area contributed by atoms with E-state index in [0.29, 0.717) is 28.1 Å². The third kappa shape index (κ3) is 6.90. The van der Waals surface area contributed by atoms with Gasteiger partial charge in [0.15, 0.2) is 11.0 Å². The number of amides is 2. The van der Waals surface area contributed by atoms with Crippen LogP contribution in [-0.2, 0) is 11.3 Å². The van der Waals surface area contributed by atoms with E-state index in [2.05, 4.69) is 27.4 Å². The van der Waals surface area contributed by atoms with E-state index in [4.69, 9.17) is 23.2 Å². The molecule has 3 rings (SSSR count). The highest BCUT2D eigenvalue weighted by Crippen LogP contribution is 2.27. The highest BCUT2D eigenvalue weighted by molar-refractivity contribution is 7.99. The standard InChI is InChI=1S/C26H29Cl2N5O2S/c1-6-11-33-24(23(15(2)3)30-25(35)19-9-8-18(27)13-20(19)28)31-32-26(33)36-14-22(34)29-21-10-7-16(4)12-17(21)5/h6-10,12-13,15,23H,1,11,14H2,2-5H3,(H,29,34)(H,30,35)/t23-/m1/s1. The minimum absolute atomic E-state index is 0.00143. The fourth-order valence-electron chi connectivity index (χ4n) is 3.63. The Morgan fingerprint density at radius 1 is 1.14 bits per heavy atom. The van der Waals surface area contributed by atoms with Crippen LogP contribution in [0.5, 0.6) is 0 Å². The second kappa shape index (κ2) is 12.4. The van der Waals surface area contributed by atoms with Gasteiger partial charge in [-0.15, -0.1) is 16.8 Å². The van der Waals surface area contributed by atoms with Crippen LogP contribution in [0.1, 0.15) is 47.2 Å². The van der Waals surface area contributed by atoms with Crippen LogP contribution in [0.25, 0.3) is 0 Å². The molecule has 0 fully saturated rings. The molecular weight excluding hydrogens is 517 g/mol. The summed E-state index contributed by atoms with van der Waals surface area (Å²) in [5.74, 6) is 0.235. The van der Waals surface area contributed by atoms with Crippen molar-refractivity contribution < 1.29 is 9.59 Å². The van der Waals surface area contributed by atoms with Gasteiger partial charge in [-0.1, -0.05) is 72.6 Å². The summed E-state index contributed by atoms with van der Waals surface area (Å²) in [7, 11) is 0. The first-order valence-corrected chi connectivity index (χ1v) is 13.1. The van der Waals surface area contributed by atoms with Gasteiger partial charge in [0.25, 0.3) is 5.91 Å². The molecule has 7 nitrogen and oxygen atoms in total. The number of halogens is 2. The molecule has 3 aromatic rings. The number of aryl methyl sites for hydroxylation is 2. The van der Waals surface area contributed by atoms with E-state index in [1.54, 1.807) is 18.2 Å². The Bertz CT molecular complexity index is 1280. The highest BCUT2D eigenvalue weighted by atomic mass is 35.5. The summed E-state index contributed by atoms with van der Waals surface area (Å²) in [6.07, 6.45) is 1.72. The number of benzene rings is 2. The van der Waals surface area contributed by atoms with E-state index >= 15 is 0 Å². The molecule has 0 unspecified atom stereocenters. The van der Waals surface area contributed by atoms with Crippen molar-refractivity contribution in [2.75, 3.05) is 11.1 Å². The topological polar surface area (TPSA) is 88.9 Å². The Labute approximate surface area is 225 Å². The number of aromatic nitrogens is 3. The molecule has 1 heterocycles. The molecule has 2 N–H and O–H groups in total. The van der Waals surface area contributed by atoms with Gasteiger partial charge in [-0.25, -0.2) is 0 Å². The molecule has 0 radical (unpaired) electrons. The highest BCUT2D eigenvalue weighted by Gasteiger charge is 2.27. The average molecular weight is 547 g/mol. The summed E-state index contributed by atoms with van der Waals surface area (Å²) >= 11 is 13.5. The number of nitrogens with one attached hydrogen (secondary N) is 2. The van der Waals surface area contributed by atoms with E-state index in [0.717, 1.165) is 16.8 Å². The summed E-state index contributed by atoms with van der Waals surface area (Å²) in [5.41, 5.74) is 3.24. The van der Waals surface area contributed by atoms with Crippen LogP contribution >= 0.6 is 35.0 Å². The Morgan fingerprint density at radius 3 is 2.53 bits per heavy atom. The molecule has 0 saturated heterocycles. The second-order valence-corrected chi connectivity index (χ2v) is 10.5. The molecule has 1 atom stereocenters. The summed E-state index contributed by atoms with van der Waals surface area (Å²) in [6.45, 7) is 12.2. The van der Waals surface area contributed by atoms with Crippen molar-refractivity contribution in [1.29, 1.82) is 0 Å². The van der Waals surface area contributed by atoms with Gasteiger partial charge in [-0.3, -0.25) is 9.59 Å². The molecule has 0 spiro atoms. The van der Waals surface area contributed by atoms with Crippen molar-refractivity contribution in [3.63, 3.8) is 0 Å². The van der Waals surface area contributed by atoms with Crippen molar-refractivity contribution in [2.45, 2.75) is 45.4 Å². The van der Waals surface area contributed by atoms with Crippen molar-refractivity contribution in [3.8, 4) is 0 Å². The fourth-order valence-corrected chi connectivity index (χ4v) is 4.88. The van der Waals surface area contributed by atoms with Crippen LogP contribution in [0, 0.1) is 19.8 Å². The second-order valence-electron chi connectivity index (χ2n) is 8.71. The number of carbonyl (C=O) groups excluding carboxylic acids is 2. The van der Waals surface area contributed by atoms with Gasteiger partial charge in [-0.05, 0) is 49.6 Å². The number of allylic oxidation sites excluding steroid dienone is 1. The van der Waals surface area contributed by atoms with Crippen molar-refractivity contribution in [3.05, 3.63) is 81.6 Å². The molecule has 10 heteroatoms. The number of rotatable bonds is 10. The summed E-state index contributed by atoms with van der Waals surface area (Å²) in [6, 6.07) is 10.2. The summed E-state index contributed by atoms with van der Waals surface area (Å²) in [5, 5.41) is 15.9. The lowest BCUT2D eigenvalue weighted by Gasteiger charge is -2.23. The van der Waals surface area contributed by atoms with Gasteiger partial charge >= 0.3 is 0 Å². The van der Waals surface area contributed by atoms with E-state index in [9.17, 15) is 9.59 Å². The first-order valence-electron chi connectivity index (χ1n) is 11.4. The number of thioether (sulfide) groups is 1. The molecule has 2 amide bonds. The molecule has 1 aromatic heterocycles. The molecule has 0 aliphatic rings. The first-order chi connectivity index (χ1) is 17.1. The third-order valence-corrected chi connectivity index (χ3v) is 6.97. The molecule has 0 aliphatic heterocycles. The average Bonchev–Trinajstić information content (AvgIpc) is 3.20. The summed E-state index contributed by atoms with van der Waals surface area (Å²) < 4.78 is 1.86. The lowest BCUT2D eigenvalue weighted by atomic mass is 10.0. The lowest BCUT2D eigenvalue weighted by Crippen LogP contribution is -2.34. The third-order valence-electron chi connectivity index (χ3n) is 5.45.